The number of pyridine rings is 1. The molecule has 0 aliphatic heterocycles. The zero-order chi connectivity index (χ0) is 12.9. The van der Waals surface area contributed by atoms with Crippen molar-refractivity contribution in [1.29, 1.82) is 0 Å². The van der Waals surface area contributed by atoms with Crippen LogP contribution >= 0.6 is 0 Å². The van der Waals surface area contributed by atoms with E-state index in [0.717, 1.165) is 0 Å². The molecular weight excluding hydrogens is 220 g/mol. The standard InChI is InChI=1S/C12H18N2O3/c1-4-12(2,16)8-14-10(15)9-6-5-7-13-11(9)17-3/h5-7,16H,4,8H2,1-3H3,(H,14,15). The monoisotopic (exact) mass is 238 g/mol. The number of hydrogen-bond acceptors (Lipinski definition) is 4. The van der Waals surface area contributed by atoms with Gasteiger partial charge in [0.25, 0.3) is 5.91 Å². The van der Waals surface area contributed by atoms with Crippen LogP contribution in [0.2, 0.25) is 0 Å². The summed E-state index contributed by atoms with van der Waals surface area (Å²) in [5.74, 6) is -0.0233. The highest BCUT2D eigenvalue weighted by atomic mass is 16.5. The largest absolute Gasteiger partial charge is 0.480 e. The lowest BCUT2D eigenvalue weighted by molar-refractivity contribution is 0.0517. The van der Waals surface area contributed by atoms with Gasteiger partial charge in [-0.05, 0) is 25.5 Å². The van der Waals surface area contributed by atoms with Crippen molar-refractivity contribution in [1.82, 2.24) is 10.3 Å². The molecule has 5 nitrogen and oxygen atoms in total. The van der Waals surface area contributed by atoms with Crippen LogP contribution in [0.25, 0.3) is 0 Å². The van der Waals surface area contributed by atoms with Gasteiger partial charge in [-0.3, -0.25) is 4.79 Å². The Morgan fingerprint density at radius 3 is 2.94 bits per heavy atom. The first-order valence-electron chi connectivity index (χ1n) is 5.50. The number of carbonyl (C=O) groups excluding carboxylic acids is 1. The van der Waals surface area contributed by atoms with E-state index in [9.17, 15) is 9.90 Å². The lowest BCUT2D eigenvalue weighted by Crippen LogP contribution is -2.40. The van der Waals surface area contributed by atoms with E-state index in [2.05, 4.69) is 10.3 Å². The van der Waals surface area contributed by atoms with Crippen LogP contribution in [0.15, 0.2) is 18.3 Å². The summed E-state index contributed by atoms with van der Waals surface area (Å²) in [5, 5.41) is 12.4. The zero-order valence-electron chi connectivity index (χ0n) is 10.4. The summed E-state index contributed by atoms with van der Waals surface area (Å²) in [7, 11) is 1.46. The quantitative estimate of drug-likeness (QED) is 0.802. The third kappa shape index (κ3) is 3.71. The van der Waals surface area contributed by atoms with Gasteiger partial charge in [0.1, 0.15) is 5.56 Å². The fourth-order valence-corrected chi connectivity index (χ4v) is 1.22. The number of nitrogens with zero attached hydrogens (tertiary/aromatic N) is 1. The Morgan fingerprint density at radius 1 is 1.65 bits per heavy atom. The second-order valence-electron chi connectivity index (χ2n) is 4.09. The Kier molecular flexibility index (Phi) is 4.45. The molecule has 0 bridgehead atoms. The van der Waals surface area contributed by atoms with Crippen LogP contribution < -0.4 is 10.1 Å². The second kappa shape index (κ2) is 5.63. The number of hydrogen-bond donors (Lipinski definition) is 2. The van der Waals surface area contributed by atoms with Gasteiger partial charge >= 0.3 is 0 Å². The molecule has 0 saturated heterocycles. The molecule has 1 heterocycles. The van der Waals surface area contributed by atoms with E-state index < -0.39 is 5.60 Å². The Balaban J connectivity index is 2.70. The fraction of sp³-hybridized carbons (Fsp3) is 0.500. The van der Waals surface area contributed by atoms with Crippen molar-refractivity contribution in [2.45, 2.75) is 25.9 Å². The maximum Gasteiger partial charge on any atom is 0.256 e. The Labute approximate surface area is 101 Å². The molecule has 1 aromatic heterocycles. The first-order valence-corrected chi connectivity index (χ1v) is 5.50. The Hall–Kier alpha value is -1.62. The predicted molar refractivity (Wildman–Crippen MR) is 64.0 cm³/mol. The van der Waals surface area contributed by atoms with Gasteiger partial charge in [0, 0.05) is 12.7 Å². The van der Waals surface area contributed by atoms with E-state index in [1.807, 2.05) is 6.92 Å². The molecule has 17 heavy (non-hydrogen) atoms. The van der Waals surface area contributed by atoms with Crippen LogP contribution in [0.3, 0.4) is 0 Å². The van der Waals surface area contributed by atoms with Crippen LogP contribution in [0, 0.1) is 0 Å². The average molecular weight is 238 g/mol. The number of ether oxygens (including phenoxy) is 1. The summed E-state index contributed by atoms with van der Waals surface area (Å²) in [5.41, 5.74) is -0.535. The average Bonchev–Trinajstić information content (AvgIpc) is 2.36. The summed E-state index contributed by atoms with van der Waals surface area (Å²) in [6, 6.07) is 3.29. The van der Waals surface area contributed by atoms with Gasteiger partial charge in [0.2, 0.25) is 5.88 Å². The Bertz CT molecular complexity index is 391. The molecule has 1 rings (SSSR count). The maximum atomic E-state index is 11.8. The topological polar surface area (TPSA) is 71.5 Å². The minimum Gasteiger partial charge on any atom is -0.480 e. The van der Waals surface area contributed by atoms with Gasteiger partial charge in [-0.2, -0.15) is 0 Å². The van der Waals surface area contributed by atoms with Gasteiger partial charge in [0.05, 0.1) is 12.7 Å². The molecule has 0 fully saturated rings. The lowest BCUT2D eigenvalue weighted by atomic mass is 10.0. The molecule has 0 aromatic carbocycles. The minimum absolute atomic E-state index is 0.195. The van der Waals surface area contributed by atoms with Gasteiger partial charge in [-0.1, -0.05) is 6.92 Å². The van der Waals surface area contributed by atoms with Crippen LogP contribution in [-0.4, -0.2) is 35.3 Å². The van der Waals surface area contributed by atoms with Crippen molar-refractivity contribution in [2.24, 2.45) is 0 Å². The van der Waals surface area contributed by atoms with Crippen molar-refractivity contribution in [3.05, 3.63) is 23.9 Å². The van der Waals surface area contributed by atoms with Gasteiger partial charge in [-0.25, -0.2) is 4.98 Å². The molecule has 0 aliphatic rings. The van der Waals surface area contributed by atoms with Gasteiger partial charge in [-0.15, -0.1) is 0 Å². The first-order chi connectivity index (χ1) is 8.00. The molecule has 94 valence electrons. The SMILES string of the molecule is CCC(C)(O)CNC(=O)c1cccnc1OC. The molecular formula is C12H18N2O3. The number of amides is 1. The molecule has 1 unspecified atom stereocenters. The third-order valence-corrected chi connectivity index (χ3v) is 2.60. The highest BCUT2D eigenvalue weighted by Gasteiger charge is 2.20. The minimum atomic E-state index is -0.898. The Morgan fingerprint density at radius 2 is 2.35 bits per heavy atom. The molecule has 1 aromatic rings. The number of aliphatic hydroxyl groups is 1. The number of methoxy groups -OCH3 is 1. The molecule has 0 aliphatic carbocycles. The van der Waals surface area contributed by atoms with E-state index in [0.29, 0.717) is 12.0 Å². The summed E-state index contributed by atoms with van der Waals surface area (Å²) in [6.07, 6.45) is 2.12. The van der Waals surface area contributed by atoms with Crippen LogP contribution in [0.1, 0.15) is 30.6 Å². The van der Waals surface area contributed by atoms with E-state index in [-0.39, 0.29) is 18.3 Å². The molecule has 1 atom stereocenters. The molecule has 1 amide bonds. The highest BCUT2D eigenvalue weighted by Crippen LogP contribution is 2.14. The molecule has 0 saturated carbocycles. The van der Waals surface area contributed by atoms with Crippen LogP contribution in [-0.2, 0) is 0 Å². The molecule has 0 radical (unpaired) electrons. The number of rotatable bonds is 5. The summed E-state index contributed by atoms with van der Waals surface area (Å²) in [4.78, 5) is 15.8. The van der Waals surface area contributed by atoms with Crippen molar-refractivity contribution in [2.75, 3.05) is 13.7 Å². The van der Waals surface area contributed by atoms with Crippen LogP contribution in [0.5, 0.6) is 5.88 Å². The summed E-state index contributed by atoms with van der Waals surface area (Å²) >= 11 is 0. The maximum absolute atomic E-state index is 11.8. The highest BCUT2D eigenvalue weighted by molar-refractivity contribution is 5.96. The summed E-state index contributed by atoms with van der Waals surface area (Å²) < 4.78 is 4.99. The van der Waals surface area contributed by atoms with E-state index in [1.165, 1.54) is 7.11 Å². The number of aromatic nitrogens is 1. The van der Waals surface area contributed by atoms with Crippen molar-refractivity contribution in [3.63, 3.8) is 0 Å². The van der Waals surface area contributed by atoms with Gasteiger partial charge in [0.15, 0.2) is 0 Å². The second-order valence-corrected chi connectivity index (χ2v) is 4.09. The first kappa shape index (κ1) is 13.4. The fourth-order valence-electron chi connectivity index (χ4n) is 1.22. The number of carbonyl (C=O) groups is 1. The smallest absolute Gasteiger partial charge is 0.256 e. The van der Waals surface area contributed by atoms with E-state index in [1.54, 1.807) is 25.3 Å². The molecule has 2 N–H and O–H groups in total. The predicted octanol–water partition coefficient (Wildman–Crippen LogP) is 0.981. The zero-order valence-corrected chi connectivity index (χ0v) is 10.4. The van der Waals surface area contributed by atoms with Crippen molar-refractivity contribution < 1.29 is 14.6 Å². The summed E-state index contributed by atoms with van der Waals surface area (Å²) in [6.45, 7) is 3.73. The normalized spacial score (nSPS) is 13.9. The lowest BCUT2D eigenvalue weighted by Gasteiger charge is -2.21. The van der Waals surface area contributed by atoms with Crippen molar-refractivity contribution >= 4 is 5.91 Å². The molecule has 5 heteroatoms. The van der Waals surface area contributed by atoms with Crippen molar-refractivity contribution in [3.8, 4) is 5.88 Å². The number of nitrogens with one attached hydrogen (secondary N) is 1. The van der Waals surface area contributed by atoms with E-state index in [4.69, 9.17) is 4.74 Å². The van der Waals surface area contributed by atoms with Crippen LogP contribution in [0.4, 0.5) is 0 Å². The van der Waals surface area contributed by atoms with E-state index >= 15 is 0 Å². The van der Waals surface area contributed by atoms with Gasteiger partial charge < -0.3 is 15.2 Å². The molecule has 0 spiro atoms. The third-order valence-electron chi connectivity index (χ3n) is 2.60.